The fourth-order valence-electron chi connectivity index (χ4n) is 2.83. The number of benzene rings is 1. The van der Waals surface area contributed by atoms with Crippen LogP contribution in [0.2, 0.25) is 0 Å². The lowest BCUT2D eigenvalue weighted by atomic mass is 10.2. The van der Waals surface area contributed by atoms with E-state index in [2.05, 4.69) is 0 Å². The summed E-state index contributed by atoms with van der Waals surface area (Å²) in [5.41, 5.74) is 0. The minimum atomic E-state index is -0.761. The van der Waals surface area contributed by atoms with Gasteiger partial charge in [-0.1, -0.05) is 13.8 Å². The summed E-state index contributed by atoms with van der Waals surface area (Å²) in [7, 11) is 0. The van der Waals surface area contributed by atoms with E-state index in [1.807, 2.05) is 13.8 Å². The van der Waals surface area contributed by atoms with Crippen LogP contribution in [0.25, 0.3) is 0 Å². The molecular weight excluding hydrogens is 370 g/mol. The van der Waals surface area contributed by atoms with Gasteiger partial charge in [-0.2, -0.15) is 0 Å². The van der Waals surface area contributed by atoms with Crippen LogP contribution in [0.5, 0.6) is 5.75 Å². The highest BCUT2D eigenvalue weighted by Crippen LogP contribution is 2.18. The Morgan fingerprint density at radius 2 is 1.82 bits per heavy atom. The zero-order valence-corrected chi connectivity index (χ0v) is 16.5. The molecule has 0 spiro atoms. The number of carbonyl (C=O) groups excluding carboxylic acids is 2. The summed E-state index contributed by atoms with van der Waals surface area (Å²) in [6, 6.07) is 3.11. The van der Waals surface area contributed by atoms with Gasteiger partial charge in [-0.25, -0.2) is 13.6 Å². The lowest BCUT2D eigenvalue weighted by Gasteiger charge is -2.22. The molecule has 0 N–H and O–H groups in total. The lowest BCUT2D eigenvalue weighted by molar-refractivity contribution is -0.131. The minimum Gasteiger partial charge on any atom is -0.491 e. The largest absolute Gasteiger partial charge is 0.491 e. The van der Waals surface area contributed by atoms with E-state index in [9.17, 15) is 18.4 Å². The number of amides is 2. The zero-order valence-electron chi connectivity index (χ0n) is 16.5. The molecule has 156 valence electrons. The highest BCUT2D eigenvalue weighted by molar-refractivity contribution is 5.76. The van der Waals surface area contributed by atoms with Crippen LogP contribution in [0, 0.1) is 17.6 Å². The minimum absolute atomic E-state index is 0.0272. The third kappa shape index (κ3) is 6.98. The number of ether oxygens (including phenoxy) is 2. The van der Waals surface area contributed by atoms with Gasteiger partial charge in [-0.05, 0) is 30.9 Å². The maximum Gasteiger partial charge on any atom is 0.409 e. The van der Waals surface area contributed by atoms with Crippen molar-refractivity contribution in [2.45, 2.75) is 33.1 Å². The molecule has 0 bridgehead atoms. The van der Waals surface area contributed by atoms with Crippen LogP contribution in [0.1, 0.15) is 33.1 Å². The predicted octanol–water partition coefficient (Wildman–Crippen LogP) is 3.45. The van der Waals surface area contributed by atoms with Crippen molar-refractivity contribution in [3.05, 3.63) is 29.8 Å². The number of hydrogen-bond acceptors (Lipinski definition) is 4. The fourth-order valence-corrected chi connectivity index (χ4v) is 2.83. The van der Waals surface area contributed by atoms with Crippen LogP contribution in [-0.4, -0.2) is 61.2 Å². The molecule has 1 aliphatic rings. The van der Waals surface area contributed by atoms with Crippen molar-refractivity contribution < 1.29 is 27.8 Å². The van der Waals surface area contributed by atoms with Gasteiger partial charge >= 0.3 is 6.09 Å². The molecule has 1 heterocycles. The van der Waals surface area contributed by atoms with Crippen molar-refractivity contribution in [1.29, 1.82) is 0 Å². The Kier molecular flexibility index (Phi) is 8.47. The maximum absolute atomic E-state index is 13.5. The fraction of sp³-hybridized carbons (Fsp3) is 0.600. The molecule has 0 aliphatic carbocycles. The second-order valence-electron chi connectivity index (χ2n) is 7.22. The molecule has 6 nitrogen and oxygen atoms in total. The van der Waals surface area contributed by atoms with Gasteiger partial charge < -0.3 is 19.3 Å². The lowest BCUT2D eigenvalue weighted by Crippen LogP contribution is -2.38. The summed E-state index contributed by atoms with van der Waals surface area (Å²) in [4.78, 5) is 27.8. The zero-order chi connectivity index (χ0) is 20.5. The Morgan fingerprint density at radius 3 is 2.54 bits per heavy atom. The second-order valence-corrected chi connectivity index (χ2v) is 7.22. The molecule has 8 heteroatoms. The molecule has 1 fully saturated rings. The highest BCUT2D eigenvalue weighted by atomic mass is 19.1. The molecule has 1 aliphatic heterocycles. The summed E-state index contributed by atoms with van der Waals surface area (Å²) in [6.07, 6.45) is 1.05. The highest BCUT2D eigenvalue weighted by Gasteiger charge is 2.22. The molecule has 2 rings (SSSR count). The number of halogens is 2. The van der Waals surface area contributed by atoms with Gasteiger partial charge in [-0.15, -0.1) is 0 Å². The van der Waals surface area contributed by atoms with E-state index in [1.54, 1.807) is 9.80 Å². The molecule has 1 saturated heterocycles. The molecule has 0 saturated carbocycles. The molecule has 0 aromatic heterocycles. The standard InChI is InChI=1S/C20H28F2N2O4/c1-15(2)14-28-20(26)24-9-4-8-23(10-11-24)19(25)5-3-12-27-18-7-6-16(21)13-17(18)22/h6-7,13,15H,3-5,8-12,14H2,1-2H3. The number of hydrogen-bond donors (Lipinski definition) is 0. The third-order valence-corrected chi connectivity index (χ3v) is 4.33. The first kappa shape index (κ1) is 21.9. The molecule has 1 aromatic rings. The van der Waals surface area contributed by atoms with Gasteiger partial charge in [0.15, 0.2) is 11.6 Å². The Bertz CT molecular complexity index is 670. The van der Waals surface area contributed by atoms with Gasteiger partial charge in [0.25, 0.3) is 0 Å². The van der Waals surface area contributed by atoms with E-state index >= 15 is 0 Å². The van der Waals surface area contributed by atoms with Gasteiger partial charge in [-0.3, -0.25) is 4.79 Å². The monoisotopic (exact) mass is 398 g/mol. The van der Waals surface area contributed by atoms with Crippen molar-refractivity contribution in [1.82, 2.24) is 9.80 Å². The van der Waals surface area contributed by atoms with E-state index in [0.717, 1.165) is 12.1 Å². The molecule has 2 amide bonds. The molecule has 0 radical (unpaired) electrons. The van der Waals surface area contributed by atoms with Crippen LogP contribution in [0.4, 0.5) is 13.6 Å². The van der Waals surface area contributed by atoms with Crippen molar-refractivity contribution in [3.63, 3.8) is 0 Å². The van der Waals surface area contributed by atoms with Gasteiger partial charge in [0.05, 0.1) is 13.2 Å². The summed E-state index contributed by atoms with van der Waals surface area (Å²) in [5, 5.41) is 0. The molecule has 1 aromatic carbocycles. The number of rotatable bonds is 7. The molecule has 0 unspecified atom stereocenters. The summed E-state index contributed by atoms with van der Waals surface area (Å²) in [6.45, 7) is 6.55. The number of carbonyl (C=O) groups is 2. The average Bonchev–Trinajstić information content (AvgIpc) is 2.91. The first-order chi connectivity index (χ1) is 13.4. The first-order valence-electron chi connectivity index (χ1n) is 9.64. The van der Waals surface area contributed by atoms with Crippen LogP contribution >= 0.6 is 0 Å². The third-order valence-electron chi connectivity index (χ3n) is 4.33. The quantitative estimate of drug-likeness (QED) is 0.660. The van der Waals surface area contributed by atoms with E-state index < -0.39 is 11.6 Å². The van der Waals surface area contributed by atoms with Gasteiger partial charge in [0.1, 0.15) is 5.82 Å². The Hall–Kier alpha value is -2.38. The van der Waals surface area contributed by atoms with Gasteiger partial charge in [0, 0.05) is 38.7 Å². The summed E-state index contributed by atoms with van der Waals surface area (Å²) in [5.74, 6) is -1.20. The van der Waals surface area contributed by atoms with Crippen LogP contribution < -0.4 is 4.74 Å². The molecule has 0 atom stereocenters. The van der Waals surface area contributed by atoms with Crippen molar-refractivity contribution in [2.75, 3.05) is 39.4 Å². The van der Waals surface area contributed by atoms with Crippen LogP contribution in [-0.2, 0) is 9.53 Å². The van der Waals surface area contributed by atoms with Crippen LogP contribution in [0.15, 0.2) is 18.2 Å². The second kappa shape index (κ2) is 10.8. The predicted molar refractivity (Wildman–Crippen MR) is 100 cm³/mol. The van der Waals surface area contributed by atoms with Gasteiger partial charge in [0.2, 0.25) is 5.91 Å². The van der Waals surface area contributed by atoms with E-state index in [-0.39, 0.29) is 36.7 Å². The van der Waals surface area contributed by atoms with Crippen molar-refractivity contribution in [3.8, 4) is 5.75 Å². The topological polar surface area (TPSA) is 59.1 Å². The van der Waals surface area contributed by atoms with Crippen molar-refractivity contribution >= 4 is 12.0 Å². The normalized spacial score (nSPS) is 14.8. The Balaban J connectivity index is 1.70. The average molecular weight is 398 g/mol. The smallest absolute Gasteiger partial charge is 0.409 e. The van der Waals surface area contributed by atoms with Crippen LogP contribution in [0.3, 0.4) is 0 Å². The Labute approximate surface area is 164 Å². The molecular formula is C20H28F2N2O4. The summed E-state index contributed by atoms with van der Waals surface area (Å²) >= 11 is 0. The summed E-state index contributed by atoms with van der Waals surface area (Å²) < 4.78 is 36.9. The molecule has 28 heavy (non-hydrogen) atoms. The van der Waals surface area contributed by atoms with Crippen molar-refractivity contribution in [2.24, 2.45) is 5.92 Å². The van der Waals surface area contributed by atoms with E-state index in [1.165, 1.54) is 6.07 Å². The van der Waals surface area contributed by atoms with E-state index in [0.29, 0.717) is 45.6 Å². The SMILES string of the molecule is CC(C)COC(=O)N1CCCN(C(=O)CCCOc2ccc(F)cc2F)CC1. The Morgan fingerprint density at radius 1 is 1.11 bits per heavy atom. The first-order valence-corrected chi connectivity index (χ1v) is 9.64. The van der Waals surface area contributed by atoms with E-state index in [4.69, 9.17) is 9.47 Å². The number of nitrogens with zero attached hydrogens (tertiary/aromatic N) is 2. The maximum atomic E-state index is 13.5.